The molecule has 2 amide bonds. The quantitative estimate of drug-likeness (QED) is 0.703. The number of alkyl halides is 3. The molecular formula is C20H19F4N3O. The molecule has 4 nitrogen and oxygen atoms in total. The standard InChI is InChI=1S/C20H19F4N3O/c1-11-4-15-8-16(5-11)27(15)19(28)26-14-2-3-18(20(22,23)24)17(7-14)12-6-13(21)10-25-9-12/h2-3,6-7,9-11,15-16H,4-5,8H2,1H3,(H,26,28). The number of benzene rings is 1. The molecule has 148 valence electrons. The zero-order chi connectivity index (χ0) is 20.1. The van der Waals surface area contributed by atoms with Crippen molar-refractivity contribution in [3.8, 4) is 11.1 Å². The van der Waals surface area contributed by atoms with E-state index in [9.17, 15) is 22.4 Å². The molecule has 5 rings (SSSR count). The van der Waals surface area contributed by atoms with Crippen LogP contribution in [0.5, 0.6) is 0 Å². The van der Waals surface area contributed by atoms with Crippen LogP contribution in [0.3, 0.4) is 0 Å². The summed E-state index contributed by atoms with van der Waals surface area (Å²) >= 11 is 0. The maximum Gasteiger partial charge on any atom is 0.417 e. The Hall–Kier alpha value is -2.64. The Kier molecular flexibility index (Phi) is 4.51. The fourth-order valence-corrected chi connectivity index (χ4v) is 4.33. The second kappa shape index (κ2) is 6.76. The molecular weight excluding hydrogens is 374 g/mol. The number of hydrogen-bond acceptors (Lipinski definition) is 2. The molecule has 1 aromatic heterocycles. The van der Waals surface area contributed by atoms with Gasteiger partial charge in [-0.1, -0.05) is 6.92 Å². The number of rotatable bonds is 2. The minimum Gasteiger partial charge on any atom is -0.318 e. The maximum atomic E-state index is 13.5. The monoisotopic (exact) mass is 393 g/mol. The first kappa shape index (κ1) is 18.7. The molecule has 0 spiro atoms. The van der Waals surface area contributed by atoms with Crippen molar-refractivity contribution in [3.05, 3.63) is 48.0 Å². The molecule has 8 heteroatoms. The van der Waals surface area contributed by atoms with E-state index in [0.717, 1.165) is 37.6 Å². The molecule has 1 aromatic carbocycles. The number of hydrogen-bond donors (Lipinski definition) is 1. The highest BCUT2D eigenvalue weighted by Gasteiger charge is 2.46. The molecule has 2 unspecified atom stereocenters. The number of halogens is 4. The van der Waals surface area contributed by atoms with Crippen LogP contribution in [0.15, 0.2) is 36.7 Å². The van der Waals surface area contributed by atoms with Gasteiger partial charge in [-0.3, -0.25) is 4.98 Å². The first-order valence-corrected chi connectivity index (χ1v) is 9.14. The van der Waals surface area contributed by atoms with Crippen molar-refractivity contribution in [1.82, 2.24) is 9.88 Å². The first-order valence-electron chi connectivity index (χ1n) is 9.14. The summed E-state index contributed by atoms with van der Waals surface area (Å²) in [5.74, 6) is -0.159. The van der Waals surface area contributed by atoms with Crippen LogP contribution in [0.1, 0.15) is 31.7 Å². The molecule has 3 heterocycles. The fourth-order valence-electron chi connectivity index (χ4n) is 4.33. The second-order valence-corrected chi connectivity index (χ2v) is 7.61. The summed E-state index contributed by atoms with van der Waals surface area (Å²) in [5.41, 5.74) is -0.907. The van der Waals surface area contributed by atoms with Crippen LogP contribution < -0.4 is 5.32 Å². The first-order chi connectivity index (χ1) is 13.2. The third kappa shape index (κ3) is 3.43. The van der Waals surface area contributed by atoms with Crippen LogP contribution in [0, 0.1) is 11.7 Å². The van der Waals surface area contributed by atoms with Crippen LogP contribution in [-0.2, 0) is 6.18 Å². The largest absolute Gasteiger partial charge is 0.417 e. The van der Waals surface area contributed by atoms with E-state index >= 15 is 0 Å². The van der Waals surface area contributed by atoms with Crippen molar-refractivity contribution >= 4 is 11.7 Å². The van der Waals surface area contributed by atoms with Crippen molar-refractivity contribution in [2.45, 2.75) is 44.4 Å². The number of aromatic nitrogens is 1. The van der Waals surface area contributed by atoms with Gasteiger partial charge < -0.3 is 10.2 Å². The number of nitrogens with zero attached hydrogens (tertiary/aromatic N) is 2. The third-order valence-electron chi connectivity index (χ3n) is 5.51. The number of pyridine rings is 1. The molecule has 1 aliphatic carbocycles. The molecule has 0 radical (unpaired) electrons. The summed E-state index contributed by atoms with van der Waals surface area (Å²) in [6, 6.07) is 4.39. The summed E-state index contributed by atoms with van der Waals surface area (Å²) in [5, 5.41) is 2.70. The minimum atomic E-state index is -4.62. The highest BCUT2D eigenvalue weighted by atomic mass is 19.4. The van der Waals surface area contributed by atoms with Crippen LogP contribution in [0.2, 0.25) is 0 Å². The third-order valence-corrected chi connectivity index (χ3v) is 5.51. The van der Waals surface area contributed by atoms with E-state index in [1.54, 1.807) is 4.90 Å². The van der Waals surface area contributed by atoms with Crippen LogP contribution in [0.4, 0.5) is 28.0 Å². The van der Waals surface area contributed by atoms with Gasteiger partial charge in [-0.05, 0) is 55.0 Å². The predicted octanol–water partition coefficient (Wildman–Crippen LogP) is 5.31. The lowest BCUT2D eigenvalue weighted by atomic mass is 9.74. The van der Waals surface area contributed by atoms with E-state index in [-0.39, 0.29) is 34.9 Å². The highest BCUT2D eigenvalue weighted by molar-refractivity contribution is 5.91. The van der Waals surface area contributed by atoms with Crippen molar-refractivity contribution in [2.75, 3.05) is 5.32 Å². The smallest absolute Gasteiger partial charge is 0.318 e. The van der Waals surface area contributed by atoms with Gasteiger partial charge in [0.15, 0.2) is 0 Å². The number of piperidine rings is 1. The van der Waals surface area contributed by atoms with Crippen molar-refractivity contribution < 1.29 is 22.4 Å². The number of urea groups is 1. The van der Waals surface area contributed by atoms with E-state index in [1.807, 2.05) is 0 Å². The molecule has 2 aliphatic heterocycles. The molecule has 2 bridgehead atoms. The van der Waals surface area contributed by atoms with E-state index in [4.69, 9.17) is 0 Å². The summed E-state index contributed by atoms with van der Waals surface area (Å²) in [6.45, 7) is 2.16. The summed E-state index contributed by atoms with van der Waals surface area (Å²) in [4.78, 5) is 18.0. The van der Waals surface area contributed by atoms with Gasteiger partial charge in [0.05, 0.1) is 11.8 Å². The van der Waals surface area contributed by atoms with E-state index in [0.29, 0.717) is 5.92 Å². The topological polar surface area (TPSA) is 45.2 Å². The number of anilines is 1. The Morgan fingerprint density at radius 2 is 1.86 bits per heavy atom. The maximum absolute atomic E-state index is 13.5. The average Bonchev–Trinajstić information content (AvgIpc) is 2.60. The van der Waals surface area contributed by atoms with Gasteiger partial charge in [-0.25, -0.2) is 9.18 Å². The SMILES string of the molecule is CC1CC2CC(C1)N2C(=O)Nc1ccc(C(F)(F)F)c(-c2cncc(F)c2)c1. The second-order valence-electron chi connectivity index (χ2n) is 7.61. The fraction of sp³-hybridized carbons (Fsp3) is 0.400. The predicted molar refractivity (Wildman–Crippen MR) is 96.1 cm³/mol. The Morgan fingerprint density at radius 1 is 1.14 bits per heavy atom. The lowest BCUT2D eigenvalue weighted by molar-refractivity contribution is -0.137. The highest BCUT2D eigenvalue weighted by Crippen LogP contribution is 2.42. The molecule has 3 fully saturated rings. The molecule has 1 saturated carbocycles. The van der Waals surface area contributed by atoms with Crippen LogP contribution >= 0.6 is 0 Å². The molecule has 1 N–H and O–H groups in total. The zero-order valence-corrected chi connectivity index (χ0v) is 15.1. The lowest BCUT2D eigenvalue weighted by Crippen LogP contribution is -2.63. The molecule has 2 atom stereocenters. The van der Waals surface area contributed by atoms with Gasteiger partial charge in [-0.15, -0.1) is 0 Å². The Morgan fingerprint density at radius 3 is 2.50 bits per heavy atom. The van der Waals surface area contributed by atoms with Gasteiger partial charge in [-0.2, -0.15) is 13.2 Å². The van der Waals surface area contributed by atoms with Crippen LogP contribution in [-0.4, -0.2) is 28.0 Å². The molecule has 2 aromatic rings. The summed E-state index contributed by atoms with van der Waals surface area (Å²) in [6.07, 6.45) is 0.334. The summed E-state index contributed by atoms with van der Waals surface area (Å²) in [7, 11) is 0. The number of carbonyl (C=O) groups excluding carboxylic acids is 1. The Balaban J connectivity index is 1.62. The van der Waals surface area contributed by atoms with E-state index in [1.165, 1.54) is 18.3 Å². The number of carbonyl (C=O) groups is 1. The van der Waals surface area contributed by atoms with E-state index < -0.39 is 17.6 Å². The van der Waals surface area contributed by atoms with Crippen molar-refractivity contribution in [3.63, 3.8) is 0 Å². The van der Waals surface area contributed by atoms with Gasteiger partial charge in [0, 0.05) is 29.5 Å². The van der Waals surface area contributed by atoms with Gasteiger partial charge >= 0.3 is 12.2 Å². The van der Waals surface area contributed by atoms with Gasteiger partial charge in [0.25, 0.3) is 0 Å². The minimum absolute atomic E-state index is 0.00179. The number of amides is 2. The number of nitrogens with one attached hydrogen (secondary N) is 1. The van der Waals surface area contributed by atoms with E-state index in [2.05, 4.69) is 17.2 Å². The van der Waals surface area contributed by atoms with Crippen molar-refractivity contribution in [1.29, 1.82) is 0 Å². The van der Waals surface area contributed by atoms with Gasteiger partial charge in [0.1, 0.15) is 5.82 Å². The zero-order valence-electron chi connectivity index (χ0n) is 15.1. The van der Waals surface area contributed by atoms with Crippen LogP contribution in [0.25, 0.3) is 11.1 Å². The summed E-state index contributed by atoms with van der Waals surface area (Å²) < 4.78 is 53.7. The normalized spacial score (nSPS) is 23.9. The molecule has 3 aliphatic rings. The Labute approximate surface area is 159 Å². The molecule has 2 saturated heterocycles. The lowest BCUT2D eigenvalue weighted by Gasteiger charge is -2.54. The van der Waals surface area contributed by atoms with Crippen molar-refractivity contribution in [2.24, 2.45) is 5.92 Å². The Bertz CT molecular complexity index is 903. The van der Waals surface area contributed by atoms with Gasteiger partial charge in [0.2, 0.25) is 0 Å². The average molecular weight is 393 g/mol. The number of fused-ring (bicyclic) bond motifs is 2. The molecule has 28 heavy (non-hydrogen) atoms.